The summed E-state index contributed by atoms with van der Waals surface area (Å²) < 4.78 is 40.2. The van der Waals surface area contributed by atoms with E-state index in [9.17, 15) is 13.2 Å². The summed E-state index contributed by atoms with van der Waals surface area (Å²) >= 11 is 0. The summed E-state index contributed by atoms with van der Waals surface area (Å²) in [5.41, 5.74) is 7.60. The Bertz CT molecular complexity index is 1330. The largest absolute Gasteiger partial charge is 0.406 e. The molecule has 1 aliphatic rings. The lowest BCUT2D eigenvalue weighted by molar-refractivity contribution is -0.140. The molecule has 3 aromatic rings. The van der Waals surface area contributed by atoms with Crippen molar-refractivity contribution in [3.05, 3.63) is 54.0 Å². The van der Waals surface area contributed by atoms with Gasteiger partial charge < -0.3 is 20.5 Å². The minimum atomic E-state index is -4.38. The number of alkyl halides is 3. The highest BCUT2D eigenvalue weighted by Crippen LogP contribution is 2.28. The maximum Gasteiger partial charge on any atom is 0.406 e. The minimum absolute atomic E-state index is 0.214. The molecular formula is C30H37F3N6. The fourth-order valence-corrected chi connectivity index (χ4v) is 4.56. The van der Waals surface area contributed by atoms with E-state index in [2.05, 4.69) is 47.2 Å². The first-order chi connectivity index (χ1) is 18.4. The number of rotatable bonds is 5. The highest BCUT2D eigenvalue weighted by atomic mass is 19.4. The molecule has 39 heavy (non-hydrogen) atoms. The van der Waals surface area contributed by atoms with Crippen molar-refractivity contribution in [2.45, 2.75) is 70.1 Å². The number of aromatic nitrogens is 2. The average molecular weight is 539 g/mol. The number of pyridine rings is 1. The normalized spacial score (nSPS) is 14.2. The summed E-state index contributed by atoms with van der Waals surface area (Å²) in [6.45, 7) is 2.63. The first kappa shape index (κ1) is 29.9. The van der Waals surface area contributed by atoms with Gasteiger partial charge in [-0.3, -0.25) is 4.98 Å². The lowest BCUT2D eigenvalue weighted by Gasteiger charge is -2.27. The molecule has 1 aromatic carbocycles. The molecule has 2 heterocycles. The van der Waals surface area contributed by atoms with Crippen molar-refractivity contribution in [3.63, 3.8) is 0 Å². The monoisotopic (exact) mass is 538 g/mol. The summed E-state index contributed by atoms with van der Waals surface area (Å²) in [4.78, 5) is 6.64. The molecule has 0 unspecified atom stereocenters. The highest BCUT2D eigenvalue weighted by Gasteiger charge is 2.29. The summed E-state index contributed by atoms with van der Waals surface area (Å²) in [7, 11) is 4.38. The molecule has 3 N–H and O–H groups in total. The molecule has 1 saturated carbocycles. The van der Waals surface area contributed by atoms with Crippen molar-refractivity contribution in [2.24, 2.45) is 0 Å². The number of halogens is 3. The quantitative estimate of drug-likeness (QED) is 0.293. The van der Waals surface area contributed by atoms with E-state index in [-0.39, 0.29) is 12.2 Å². The first-order valence-electron chi connectivity index (χ1n) is 13.1. The van der Waals surface area contributed by atoms with E-state index < -0.39 is 18.1 Å². The number of benzene rings is 1. The van der Waals surface area contributed by atoms with Crippen LogP contribution in [0.1, 0.15) is 57.3 Å². The molecule has 9 heteroatoms. The second-order valence-corrected chi connectivity index (χ2v) is 10.6. The maximum atomic E-state index is 13.0. The number of nitriles is 1. The Morgan fingerprint density at radius 1 is 1.13 bits per heavy atom. The van der Waals surface area contributed by atoms with Crippen LogP contribution in [0.2, 0.25) is 0 Å². The number of hydrogen-bond acceptors (Lipinski definition) is 5. The van der Waals surface area contributed by atoms with Crippen LogP contribution in [0.25, 0.3) is 10.9 Å². The molecule has 1 fully saturated rings. The molecule has 1 aliphatic carbocycles. The van der Waals surface area contributed by atoms with Crippen LogP contribution < -0.4 is 11.1 Å². The van der Waals surface area contributed by atoms with Gasteiger partial charge in [0.25, 0.3) is 0 Å². The molecule has 0 atom stereocenters. The summed E-state index contributed by atoms with van der Waals surface area (Å²) in [6, 6.07) is 13.0. The van der Waals surface area contributed by atoms with Crippen LogP contribution in [0.3, 0.4) is 0 Å². The van der Waals surface area contributed by atoms with E-state index in [4.69, 9.17) is 11.0 Å². The summed E-state index contributed by atoms with van der Waals surface area (Å²) in [5, 5.41) is 12.7. The van der Waals surface area contributed by atoms with Crippen LogP contribution in [0, 0.1) is 23.2 Å². The zero-order valence-corrected chi connectivity index (χ0v) is 23.1. The van der Waals surface area contributed by atoms with Crippen molar-refractivity contribution >= 4 is 22.3 Å². The fourth-order valence-electron chi connectivity index (χ4n) is 4.56. The van der Waals surface area contributed by atoms with Gasteiger partial charge in [0.1, 0.15) is 6.54 Å². The number of fused-ring (bicyclic) bond motifs is 1. The lowest BCUT2D eigenvalue weighted by atomic mass is 9.91. The molecular weight excluding hydrogens is 501 g/mol. The molecule has 0 bridgehead atoms. The predicted octanol–water partition coefficient (Wildman–Crippen LogP) is 6.33. The summed E-state index contributed by atoms with van der Waals surface area (Å²) in [6.07, 6.45) is 4.42. The zero-order valence-electron chi connectivity index (χ0n) is 23.1. The van der Waals surface area contributed by atoms with Crippen molar-refractivity contribution < 1.29 is 13.2 Å². The smallest absolute Gasteiger partial charge is 0.398 e. The Kier molecular flexibility index (Phi) is 9.88. The molecule has 0 aliphatic heterocycles. The minimum Gasteiger partial charge on any atom is -0.398 e. The van der Waals surface area contributed by atoms with Gasteiger partial charge in [-0.05, 0) is 77.0 Å². The number of hydrogen-bond donors (Lipinski definition) is 2. The number of nitrogen functional groups attached to an aromatic ring is 1. The van der Waals surface area contributed by atoms with Crippen molar-refractivity contribution in [2.75, 3.05) is 31.7 Å². The number of nitrogens with two attached hydrogens (primary N) is 1. The second-order valence-electron chi connectivity index (χ2n) is 10.6. The van der Waals surface area contributed by atoms with Crippen molar-refractivity contribution in [1.82, 2.24) is 14.5 Å². The first-order valence-corrected chi connectivity index (χ1v) is 13.1. The Morgan fingerprint density at radius 2 is 1.85 bits per heavy atom. The lowest BCUT2D eigenvalue weighted by Crippen LogP contribution is -2.29. The van der Waals surface area contributed by atoms with Gasteiger partial charge in [0, 0.05) is 17.1 Å². The third kappa shape index (κ3) is 8.40. The van der Waals surface area contributed by atoms with Crippen LogP contribution in [0.5, 0.6) is 0 Å². The SMILES string of the molecule is CC(C)(C#N)c1ccc(NCC#Cc2cc3c(N)cccc3n2CC(F)(F)F)cn1.CN(C)C1CCCCC1. The van der Waals surface area contributed by atoms with Gasteiger partial charge in [0.15, 0.2) is 0 Å². The predicted molar refractivity (Wildman–Crippen MR) is 151 cm³/mol. The van der Waals surface area contributed by atoms with Gasteiger partial charge >= 0.3 is 6.18 Å². The topological polar surface area (TPSA) is 82.9 Å². The van der Waals surface area contributed by atoms with Crippen molar-refractivity contribution in [3.8, 4) is 17.9 Å². The van der Waals surface area contributed by atoms with Gasteiger partial charge in [-0.2, -0.15) is 18.4 Å². The van der Waals surface area contributed by atoms with Crippen LogP contribution >= 0.6 is 0 Å². The second kappa shape index (κ2) is 12.9. The third-order valence-electron chi connectivity index (χ3n) is 6.90. The van der Waals surface area contributed by atoms with E-state index in [1.807, 2.05) is 0 Å². The Morgan fingerprint density at radius 3 is 2.41 bits per heavy atom. The Labute approximate surface area is 229 Å². The standard InChI is InChI=1S/C22H20F3N5.C8H17N/c1-21(2,13-26)20-9-8-15(12-29-20)28-10-4-5-16-11-17-18(27)6-3-7-19(17)30(16)14-22(23,24)25;1-9(2)8-6-4-3-5-7-8/h3,6-9,11-12,28H,10,14,27H2,1-2H3;8H,3-7H2,1-2H3. The fraction of sp³-hybridized carbons (Fsp3) is 0.467. The van der Waals surface area contributed by atoms with E-state index >= 15 is 0 Å². The van der Waals surface area contributed by atoms with E-state index in [0.29, 0.717) is 28.0 Å². The Balaban J connectivity index is 0.000000395. The molecule has 208 valence electrons. The van der Waals surface area contributed by atoms with Crippen LogP contribution in [-0.4, -0.2) is 47.3 Å². The van der Waals surface area contributed by atoms with Crippen LogP contribution in [0.15, 0.2) is 42.6 Å². The molecule has 4 rings (SSSR count). The zero-order chi connectivity index (χ0) is 28.6. The maximum absolute atomic E-state index is 13.0. The van der Waals surface area contributed by atoms with E-state index in [1.165, 1.54) is 32.1 Å². The van der Waals surface area contributed by atoms with Gasteiger partial charge in [0.2, 0.25) is 0 Å². The van der Waals surface area contributed by atoms with Gasteiger partial charge in [-0.25, -0.2) is 0 Å². The molecule has 0 radical (unpaired) electrons. The molecule has 0 saturated heterocycles. The van der Waals surface area contributed by atoms with Crippen LogP contribution in [0.4, 0.5) is 24.5 Å². The Hall–Kier alpha value is -3.69. The van der Waals surface area contributed by atoms with Gasteiger partial charge in [-0.1, -0.05) is 31.2 Å². The van der Waals surface area contributed by atoms with E-state index in [0.717, 1.165) is 10.6 Å². The van der Waals surface area contributed by atoms with Crippen molar-refractivity contribution in [1.29, 1.82) is 5.26 Å². The number of anilines is 2. The van der Waals surface area contributed by atoms with E-state index in [1.54, 1.807) is 56.4 Å². The third-order valence-corrected chi connectivity index (χ3v) is 6.90. The number of nitrogens with one attached hydrogen (secondary N) is 1. The molecule has 0 spiro atoms. The summed E-state index contributed by atoms with van der Waals surface area (Å²) in [5.74, 6) is 5.64. The average Bonchev–Trinajstić information content (AvgIpc) is 3.24. The molecule has 2 aromatic heterocycles. The van der Waals surface area contributed by atoms with Gasteiger partial charge in [-0.15, -0.1) is 0 Å². The molecule has 0 amide bonds. The van der Waals surface area contributed by atoms with Crippen LogP contribution in [-0.2, 0) is 12.0 Å². The molecule has 6 nitrogen and oxygen atoms in total. The van der Waals surface area contributed by atoms with Gasteiger partial charge in [0.05, 0.1) is 46.8 Å². The number of nitrogens with zero attached hydrogens (tertiary/aromatic N) is 4. The highest BCUT2D eigenvalue weighted by molar-refractivity contribution is 5.92.